The molecule has 1 saturated heterocycles. The SMILES string of the molecule is COc1cc(CNC(=O)c2cc(S(=O)(=O)N3CCSCC3)c[nH]2)ccc1OCC(N)=O. The number of rotatable bonds is 9. The number of primary amides is 1. The molecule has 1 aromatic heterocycles. The van der Waals surface area contributed by atoms with Crippen molar-refractivity contribution >= 4 is 33.6 Å². The van der Waals surface area contributed by atoms with Crippen molar-refractivity contribution in [1.29, 1.82) is 0 Å². The van der Waals surface area contributed by atoms with Crippen LogP contribution in [0.5, 0.6) is 11.5 Å². The molecule has 0 spiro atoms. The van der Waals surface area contributed by atoms with Gasteiger partial charge in [-0.3, -0.25) is 9.59 Å². The number of H-pyrrole nitrogens is 1. The Morgan fingerprint density at radius 2 is 1.97 bits per heavy atom. The molecule has 0 bridgehead atoms. The molecule has 0 aliphatic carbocycles. The summed E-state index contributed by atoms with van der Waals surface area (Å²) >= 11 is 1.72. The highest BCUT2D eigenvalue weighted by molar-refractivity contribution is 7.99. The number of carbonyl (C=O) groups is 2. The number of nitrogens with zero attached hydrogens (tertiary/aromatic N) is 1. The first kappa shape index (κ1) is 23.0. The van der Waals surface area contributed by atoms with E-state index in [1.807, 2.05) is 0 Å². The molecule has 2 amide bonds. The summed E-state index contributed by atoms with van der Waals surface area (Å²) in [6.45, 7) is 0.817. The maximum absolute atomic E-state index is 12.7. The molecule has 31 heavy (non-hydrogen) atoms. The number of methoxy groups -OCH3 is 1. The zero-order chi connectivity index (χ0) is 22.4. The average Bonchev–Trinajstić information content (AvgIpc) is 3.28. The molecule has 168 valence electrons. The second-order valence-electron chi connectivity index (χ2n) is 6.69. The van der Waals surface area contributed by atoms with Crippen LogP contribution in [-0.4, -0.2) is 67.8 Å². The van der Waals surface area contributed by atoms with Crippen LogP contribution in [0.25, 0.3) is 0 Å². The Hall–Kier alpha value is -2.70. The zero-order valence-electron chi connectivity index (χ0n) is 16.9. The molecule has 12 heteroatoms. The third-order valence-electron chi connectivity index (χ3n) is 4.56. The van der Waals surface area contributed by atoms with Crippen molar-refractivity contribution < 1.29 is 27.5 Å². The largest absolute Gasteiger partial charge is 0.493 e. The molecule has 0 saturated carbocycles. The molecule has 3 rings (SSSR count). The van der Waals surface area contributed by atoms with E-state index in [1.165, 1.54) is 23.7 Å². The van der Waals surface area contributed by atoms with Crippen molar-refractivity contribution in [3.63, 3.8) is 0 Å². The lowest BCUT2D eigenvalue weighted by Gasteiger charge is -2.24. The van der Waals surface area contributed by atoms with Crippen molar-refractivity contribution in [2.45, 2.75) is 11.4 Å². The molecule has 10 nitrogen and oxygen atoms in total. The summed E-state index contributed by atoms with van der Waals surface area (Å²) < 4.78 is 37.4. The van der Waals surface area contributed by atoms with E-state index >= 15 is 0 Å². The standard InChI is InChI=1S/C19H24N4O6S2/c1-28-17-8-13(2-3-16(17)29-12-18(20)24)10-22-19(25)15-9-14(11-21-15)31(26,27)23-4-6-30-7-5-23/h2-3,8-9,11,21H,4-7,10,12H2,1H3,(H2,20,24)(H,22,25). The molecule has 1 fully saturated rings. The maximum atomic E-state index is 12.7. The fraction of sp³-hybridized carbons (Fsp3) is 0.368. The molecule has 1 aliphatic rings. The quantitative estimate of drug-likeness (QED) is 0.488. The third-order valence-corrected chi connectivity index (χ3v) is 7.38. The monoisotopic (exact) mass is 468 g/mol. The highest BCUT2D eigenvalue weighted by Gasteiger charge is 2.27. The molecular weight excluding hydrogens is 444 g/mol. The van der Waals surface area contributed by atoms with Crippen LogP contribution < -0.4 is 20.5 Å². The first-order valence-corrected chi connectivity index (χ1v) is 12.0. The van der Waals surface area contributed by atoms with Gasteiger partial charge in [0.25, 0.3) is 11.8 Å². The summed E-state index contributed by atoms with van der Waals surface area (Å²) in [6.07, 6.45) is 1.33. The Labute approximate surface area is 184 Å². The van der Waals surface area contributed by atoms with Crippen LogP contribution in [0.1, 0.15) is 16.1 Å². The molecule has 2 heterocycles. The molecule has 2 aromatic rings. The minimum absolute atomic E-state index is 0.0715. The van der Waals surface area contributed by atoms with Gasteiger partial charge in [0.2, 0.25) is 10.0 Å². The van der Waals surface area contributed by atoms with E-state index in [0.717, 1.165) is 17.1 Å². The highest BCUT2D eigenvalue weighted by atomic mass is 32.2. The molecule has 1 aromatic carbocycles. The molecule has 0 unspecified atom stereocenters. The van der Waals surface area contributed by atoms with Gasteiger partial charge in [0.15, 0.2) is 18.1 Å². The fourth-order valence-corrected chi connectivity index (χ4v) is 5.53. The molecule has 1 aliphatic heterocycles. The van der Waals surface area contributed by atoms with Crippen LogP contribution in [0.2, 0.25) is 0 Å². The summed E-state index contributed by atoms with van der Waals surface area (Å²) in [5, 5.41) is 2.73. The number of aromatic nitrogens is 1. The van der Waals surface area contributed by atoms with Crippen LogP contribution in [0.3, 0.4) is 0 Å². The van der Waals surface area contributed by atoms with Gasteiger partial charge in [-0.2, -0.15) is 16.1 Å². The Bertz CT molecular complexity index is 1050. The minimum Gasteiger partial charge on any atom is -0.493 e. The summed E-state index contributed by atoms with van der Waals surface area (Å²) in [4.78, 5) is 26.1. The van der Waals surface area contributed by atoms with Crippen molar-refractivity contribution in [3.8, 4) is 11.5 Å². The lowest BCUT2D eigenvalue weighted by molar-refractivity contribution is -0.119. The third kappa shape index (κ3) is 5.71. The number of nitrogens with two attached hydrogens (primary N) is 1. The second-order valence-corrected chi connectivity index (χ2v) is 9.85. The Morgan fingerprint density at radius 1 is 1.23 bits per heavy atom. The van der Waals surface area contributed by atoms with E-state index in [-0.39, 0.29) is 23.7 Å². The minimum atomic E-state index is -3.62. The van der Waals surface area contributed by atoms with E-state index in [9.17, 15) is 18.0 Å². The summed E-state index contributed by atoms with van der Waals surface area (Å²) in [5.41, 5.74) is 5.95. The lowest BCUT2D eigenvalue weighted by Crippen LogP contribution is -2.37. The highest BCUT2D eigenvalue weighted by Crippen LogP contribution is 2.28. The van der Waals surface area contributed by atoms with Crippen LogP contribution in [0.15, 0.2) is 35.4 Å². The summed E-state index contributed by atoms with van der Waals surface area (Å²) in [6, 6.07) is 6.32. The lowest BCUT2D eigenvalue weighted by atomic mass is 10.2. The van der Waals surface area contributed by atoms with E-state index in [2.05, 4.69) is 10.3 Å². The number of thioether (sulfide) groups is 1. The molecular formula is C19H24N4O6S2. The van der Waals surface area contributed by atoms with Gasteiger partial charge in [0.05, 0.1) is 7.11 Å². The first-order valence-electron chi connectivity index (χ1n) is 9.44. The van der Waals surface area contributed by atoms with Crippen LogP contribution in [0, 0.1) is 0 Å². The van der Waals surface area contributed by atoms with Gasteiger partial charge < -0.3 is 25.5 Å². The van der Waals surface area contributed by atoms with E-state index < -0.39 is 21.8 Å². The molecule has 0 radical (unpaired) electrons. The van der Waals surface area contributed by atoms with Crippen molar-refractivity contribution in [3.05, 3.63) is 41.7 Å². The van der Waals surface area contributed by atoms with Crippen molar-refractivity contribution in [2.24, 2.45) is 5.73 Å². The van der Waals surface area contributed by atoms with Gasteiger partial charge in [-0.05, 0) is 23.8 Å². The average molecular weight is 469 g/mol. The number of hydrogen-bond donors (Lipinski definition) is 3. The van der Waals surface area contributed by atoms with E-state index in [0.29, 0.717) is 24.6 Å². The van der Waals surface area contributed by atoms with Crippen LogP contribution >= 0.6 is 11.8 Å². The Kier molecular flexibility index (Phi) is 7.46. The van der Waals surface area contributed by atoms with Gasteiger partial charge in [0, 0.05) is 37.3 Å². The first-order chi connectivity index (χ1) is 14.8. The van der Waals surface area contributed by atoms with Crippen molar-refractivity contribution in [2.75, 3.05) is 38.3 Å². The molecule has 0 atom stereocenters. The van der Waals surface area contributed by atoms with Gasteiger partial charge in [-0.15, -0.1) is 0 Å². The summed E-state index contributed by atoms with van der Waals surface area (Å²) in [5.74, 6) is 1.21. The number of aromatic amines is 1. The van der Waals surface area contributed by atoms with E-state index in [1.54, 1.807) is 30.0 Å². The van der Waals surface area contributed by atoms with Crippen LogP contribution in [0.4, 0.5) is 0 Å². The Balaban J connectivity index is 1.63. The van der Waals surface area contributed by atoms with Gasteiger partial charge >= 0.3 is 0 Å². The number of sulfonamides is 1. The predicted molar refractivity (Wildman–Crippen MR) is 116 cm³/mol. The number of nitrogens with one attached hydrogen (secondary N) is 2. The second kappa shape index (κ2) is 10.1. The Morgan fingerprint density at radius 3 is 2.65 bits per heavy atom. The van der Waals surface area contributed by atoms with Gasteiger partial charge in [0.1, 0.15) is 10.6 Å². The number of amides is 2. The van der Waals surface area contributed by atoms with Gasteiger partial charge in [-0.25, -0.2) is 8.42 Å². The number of carbonyl (C=O) groups excluding carboxylic acids is 2. The normalized spacial score (nSPS) is 14.7. The number of hydrogen-bond acceptors (Lipinski definition) is 7. The van der Waals surface area contributed by atoms with E-state index in [4.69, 9.17) is 15.2 Å². The number of benzene rings is 1. The smallest absolute Gasteiger partial charge is 0.268 e. The predicted octanol–water partition coefficient (Wildman–Crippen LogP) is 0.555. The van der Waals surface area contributed by atoms with Crippen LogP contribution in [-0.2, 0) is 21.4 Å². The zero-order valence-corrected chi connectivity index (χ0v) is 18.6. The fourth-order valence-electron chi connectivity index (χ4n) is 2.96. The van der Waals surface area contributed by atoms with Gasteiger partial charge in [-0.1, -0.05) is 6.07 Å². The summed E-state index contributed by atoms with van der Waals surface area (Å²) in [7, 11) is -2.17. The maximum Gasteiger partial charge on any atom is 0.268 e. The van der Waals surface area contributed by atoms with Crippen molar-refractivity contribution in [1.82, 2.24) is 14.6 Å². The molecule has 4 N–H and O–H groups in total. The topological polar surface area (TPSA) is 144 Å². The number of ether oxygens (including phenoxy) is 2.